The van der Waals surface area contributed by atoms with E-state index in [1.54, 1.807) is 18.2 Å². The second kappa shape index (κ2) is 8.88. The van der Waals surface area contributed by atoms with E-state index in [0.717, 1.165) is 31.0 Å². The summed E-state index contributed by atoms with van der Waals surface area (Å²) in [5.41, 5.74) is 3.17. The molecule has 7 nitrogen and oxygen atoms in total. The van der Waals surface area contributed by atoms with Crippen molar-refractivity contribution in [2.75, 3.05) is 11.1 Å². The van der Waals surface area contributed by atoms with E-state index in [9.17, 15) is 19.7 Å². The third-order valence-corrected chi connectivity index (χ3v) is 5.49. The highest BCUT2D eigenvalue weighted by molar-refractivity contribution is 8.00. The van der Waals surface area contributed by atoms with E-state index in [-0.39, 0.29) is 11.4 Å². The van der Waals surface area contributed by atoms with Gasteiger partial charge in [-0.25, -0.2) is 0 Å². The van der Waals surface area contributed by atoms with E-state index >= 15 is 0 Å². The SMILES string of the molecule is C[C@H](OC(=O)CSc1ccccc1[N+](=O)[O-])C(=O)Nc1ccc2c(c1)CCC2. The van der Waals surface area contributed by atoms with Crippen LogP contribution in [0.3, 0.4) is 0 Å². The van der Waals surface area contributed by atoms with Gasteiger partial charge in [0.25, 0.3) is 11.6 Å². The molecule has 1 amide bonds. The molecule has 0 saturated carbocycles. The third-order valence-electron chi connectivity index (χ3n) is 4.45. The van der Waals surface area contributed by atoms with Crippen LogP contribution >= 0.6 is 11.8 Å². The summed E-state index contributed by atoms with van der Waals surface area (Å²) >= 11 is 1.01. The molecular formula is C20H20N2O5S. The number of aryl methyl sites for hydroxylation is 2. The van der Waals surface area contributed by atoms with Gasteiger partial charge in [-0.2, -0.15) is 0 Å². The average Bonchev–Trinajstić information content (AvgIpc) is 3.14. The molecule has 2 aromatic carbocycles. The van der Waals surface area contributed by atoms with E-state index in [4.69, 9.17) is 4.74 Å². The molecule has 1 aliphatic rings. The van der Waals surface area contributed by atoms with Gasteiger partial charge in [-0.05, 0) is 55.5 Å². The molecule has 28 heavy (non-hydrogen) atoms. The standard InChI is InChI=1S/C20H20N2O5S/c1-13(20(24)21-16-10-9-14-5-4-6-15(14)11-16)27-19(23)12-28-18-8-3-2-7-17(18)22(25)26/h2-3,7-11,13H,4-6,12H2,1H3,(H,21,24)/t13-/m0/s1. The van der Waals surface area contributed by atoms with Gasteiger partial charge in [0.2, 0.25) is 0 Å². The largest absolute Gasteiger partial charge is 0.452 e. The number of nitro benzene ring substituents is 1. The highest BCUT2D eigenvalue weighted by Gasteiger charge is 2.20. The smallest absolute Gasteiger partial charge is 0.317 e. The van der Waals surface area contributed by atoms with Gasteiger partial charge in [-0.15, -0.1) is 11.8 Å². The Morgan fingerprint density at radius 3 is 2.75 bits per heavy atom. The van der Waals surface area contributed by atoms with Crippen LogP contribution in [0.1, 0.15) is 24.5 Å². The summed E-state index contributed by atoms with van der Waals surface area (Å²) in [4.78, 5) is 35.2. The van der Waals surface area contributed by atoms with Crippen LogP contribution in [0.2, 0.25) is 0 Å². The first-order valence-electron chi connectivity index (χ1n) is 8.92. The van der Waals surface area contributed by atoms with E-state index in [0.29, 0.717) is 10.6 Å². The van der Waals surface area contributed by atoms with Crippen molar-refractivity contribution < 1.29 is 19.2 Å². The van der Waals surface area contributed by atoms with Gasteiger partial charge >= 0.3 is 5.97 Å². The molecule has 2 aromatic rings. The van der Waals surface area contributed by atoms with E-state index in [2.05, 4.69) is 5.32 Å². The molecule has 0 spiro atoms. The van der Waals surface area contributed by atoms with Gasteiger partial charge in [0.1, 0.15) is 0 Å². The molecule has 0 radical (unpaired) electrons. The van der Waals surface area contributed by atoms with Crippen molar-refractivity contribution in [1.82, 2.24) is 0 Å². The van der Waals surface area contributed by atoms with Crippen LogP contribution in [-0.2, 0) is 27.2 Å². The number of carbonyl (C=O) groups is 2. The number of nitrogens with zero attached hydrogens (tertiary/aromatic N) is 1. The van der Waals surface area contributed by atoms with E-state index in [1.807, 2.05) is 18.2 Å². The quantitative estimate of drug-likeness (QED) is 0.329. The van der Waals surface area contributed by atoms with E-state index < -0.39 is 22.9 Å². The summed E-state index contributed by atoms with van der Waals surface area (Å²) in [5, 5.41) is 13.8. The second-order valence-corrected chi connectivity index (χ2v) is 7.49. The molecule has 0 bridgehead atoms. The highest BCUT2D eigenvalue weighted by Crippen LogP contribution is 2.29. The van der Waals surface area contributed by atoms with Crippen molar-refractivity contribution in [1.29, 1.82) is 0 Å². The minimum Gasteiger partial charge on any atom is -0.452 e. The van der Waals surface area contributed by atoms with Crippen LogP contribution in [0.25, 0.3) is 0 Å². The lowest BCUT2D eigenvalue weighted by Crippen LogP contribution is -2.30. The molecule has 8 heteroatoms. The number of amides is 1. The molecule has 3 rings (SSSR count). The Bertz CT molecular complexity index is 915. The average molecular weight is 400 g/mol. The van der Waals surface area contributed by atoms with Crippen LogP contribution in [-0.4, -0.2) is 28.7 Å². The Kier molecular flexibility index (Phi) is 6.30. The molecule has 0 aliphatic heterocycles. The highest BCUT2D eigenvalue weighted by atomic mass is 32.2. The van der Waals surface area contributed by atoms with Crippen LogP contribution in [0.15, 0.2) is 47.4 Å². The molecule has 1 N–H and O–H groups in total. The molecule has 1 aliphatic carbocycles. The number of hydrogen-bond acceptors (Lipinski definition) is 6. The zero-order valence-electron chi connectivity index (χ0n) is 15.3. The van der Waals surface area contributed by atoms with Crippen molar-refractivity contribution in [3.05, 3.63) is 63.7 Å². The summed E-state index contributed by atoms with van der Waals surface area (Å²) in [5.74, 6) is -1.15. The molecule has 146 valence electrons. The van der Waals surface area contributed by atoms with Gasteiger partial charge in [-0.3, -0.25) is 19.7 Å². The normalized spacial score (nSPS) is 13.5. The number of thioether (sulfide) groups is 1. The lowest BCUT2D eigenvalue weighted by molar-refractivity contribution is -0.387. The lowest BCUT2D eigenvalue weighted by Gasteiger charge is -2.14. The second-order valence-electron chi connectivity index (χ2n) is 6.47. The minimum absolute atomic E-state index is 0.0669. The number of carbonyl (C=O) groups excluding carboxylic acids is 2. The number of benzene rings is 2. The number of rotatable bonds is 7. The first-order chi connectivity index (χ1) is 13.4. The summed E-state index contributed by atoms with van der Waals surface area (Å²) < 4.78 is 5.16. The molecule has 0 aromatic heterocycles. The van der Waals surface area contributed by atoms with Crippen molar-refractivity contribution in [2.24, 2.45) is 0 Å². The monoisotopic (exact) mass is 400 g/mol. The number of fused-ring (bicyclic) bond motifs is 1. The number of hydrogen-bond donors (Lipinski definition) is 1. The van der Waals surface area contributed by atoms with Gasteiger partial charge < -0.3 is 10.1 Å². The fourth-order valence-corrected chi connectivity index (χ4v) is 3.85. The predicted molar refractivity (Wildman–Crippen MR) is 106 cm³/mol. The zero-order valence-corrected chi connectivity index (χ0v) is 16.2. The summed E-state index contributed by atoms with van der Waals surface area (Å²) in [6, 6.07) is 12.0. The van der Waals surface area contributed by atoms with E-state index in [1.165, 1.54) is 24.1 Å². The maximum absolute atomic E-state index is 12.3. The van der Waals surface area contributed by atoms with Crippen LogP contribution < -0.4 is 5.32 Å². The number of nitrogens with one attached hydrogen (secondary N) is 1. The number of anilines is 1. The topological polar surface area (TPSA) is 98.5 Å². The van der Waals surface area contributed by atoms with Gasteiger partial charge in [0, 0.05) is 11.8 Å². The molecule has 0 unspecified atom stereocenters. The minimum atomic E-state index is -0.966. The summed E-state index contributed by atoms with van der Waals surface area (Å²) in [7, 11) is 0. The van der Waals surface area contributed by atoms with Crippen LogP contribution in [0, 0.1) is 10.1 Å². The molecule has 0 saturated heterocycles. The fourth-order valence-electron chi connectivity index (χ4n) is 3.04. The Hall–Kier alpha value is -2.87. The maximum atomic E-state index is 12.3. The van der Waals surface area contributed by atoms with Gasteiger partial charge in [-0.1, -0.05) is 18.2 Å². The van der Waals surface area contributed by atoms with Crippen LogP contribution in [0.5, 0.6) is 0 Å². The summed E-state index contributed by atoms with van der Waals surface area (Å²) in [6.07, 6.45) is 2.23. The zero-order chi connectivity index (χ0) is 20.1. The first kappa shape index (κ1) is 19.9. The number of esters is 1. The number of ether oxygens (including phenoxy) is 1. The molecule has 1 atom stereocenters. The molecule has 0 fully saturated rings. The van der Waals surface area contributed by atoms with Crippen molar-refractivity contribution in [2.45, 2.75) is 37.2 Å². The Labute approximate surface area is 166 Å². The van der Waals surface area contributed by atoms with Gasteiger partial charge in [0.15, 0.2) is 6.10 Å². The van der Waals surface area contributed by atoms with Crippen molar-refractivity contribution in [3.63, 3.8) is 0 Å². The Morgan fingerprint density at radius 1 is 1.21 bits per heavy atom. The maximum Gasteiger partial charge on any atom is 0.317 e. The predicted octanol–water partition coefficient (Wildman–Crippen LogP) is 3.75. The fraction of sp³-hybridized carbons (Fsp3) is 0.300. The molecule has 0 heterocycles. The number of nitro groups is 1. The Balaban J connectivity index is 1.51. The first-order valence-corrected chi connectivity index (χ1v) is 9.91. The van der Waals surface area contributed by atoms with Crippen LogP contribution in [0.4, 0.5) is 11.4 Å². The summed E-state index contributed by atoms with van der Waals surface area (Å²) in [6.45, 7) is 1.50. The number of para-hydroxylation sites is 1. The van der Waals surface area contributed by atoms with Gasteiger partial charge in [0.05, 0.1) is 15.6 Å². The molecular weight excluding hydrogens is 380 g/mol. The van der Waals surface area contributed by atoms with Crippen molar-refractivity contribution >= 4 is 35.0 Å². The van der Waals surface area contributed by atoms with Crippen molar-refractivity contribution in [3.8, 4) is 0 Å². The third kappa shape index (κ3) is 4.89. The lowest BCUT2D eigenvalue weighted by atomic mass is 10.1. The Morgan fingerprint density at radius 2 is 1.96 bits per heavy atom.